The maximum Gasteiger partial charge on any atom is 0.244 e. The molecule has 20 heavy (non-hydrogen) atoms. The summed E-state index contributed by atoms with van der Waals surface area (Å²) in [6.45, 7) is 3.31. The second-order valence-electron chi connectivity index (χ2n) is 4.96. The molecule has 1 unspecified atom stereocenters. The van der Waals surface area contributed by atoms with Crippen LogP contribution in [0.2, 0.25) is 0 Å². The normalized spacial score (nSPS) is 18.7. The van der Waals surface area contributed by atoms with E-state index in [2.05, 4.69) is 15.0 Å². The van der Waals surface area contributed by atoms with E-state index in [1.165, 1.54) is 0 Å². The molecule has 112 valence electrons. The van der Waals surface area contributed by atoms with Crippen LogP contribution >= 0.6 is 0 Å². The van der Waals surface area contributed by atoms with Crippen LogP contribution in [0.1, 0.15) is 19.8 Å². The lowest BCUT2D eigenvalue weighted by Gasteiger charge is -2.28. The largest absolute Gasteiger partial charge is 0.381 e. The molecule has 0 bridgehead atoms. The van der Waals surface area contributed by atoms with Crippen LogP contribution in [0, 0.1) is 5.92 Å². The fourth-order valence-electron chi connectivity index (χ4n) is 2.42. The van der Waals surface area contributed by atoms with Crippen LogP contribution in [-0.2, 0) is 14.8 Å². The second-order valence-corrected chi connectivity index (χ2v) is 6.64. The molecule has 0 saturated carbocycles. The fourth-order valence-corrected chi connectivity index (χ4v) is 3.89. The average Bonchev–Trinajstić information content (AvgIpc) is 2.47. The number of rotatable bonds is 5. The quantitative estimate of drug-likeness (QED) is 0.854. The van der Waals surface area contributed by atoms with Crippen molar-refractivity contribution in [3.05, 3.63) is 18.3 Å². The molecule has 6 nitrogen and oxygen atoms in total. The molecule has 2 N–H and O–H groups in total. The molecule has 0 radical (unpaired) electrons. The van der Waals surface area contributed by atoms with Crippen molar-refractivity contribution in [2.45, 2.75) is 30.7 Å². The molecule has 2 heterocycles. The Bertz CT molecular complexity index is 542. The van der Waals surface area contributed by atoms with Gasteiger partial charge in [0.1, 0.15) is 10.7 Å². The van der Waals surface area contributed by atoms with E-state index in [1.807, 2.05) is 6.92 Å². The zero-order valence-corrected chi connectivity index (χ0v) is 12.6. The van der Waals surface area contributed by atoms with Crippen LogP contribution < -0.4 is 10.0 Å². The summed E-state index contributed by atoms with van der Waals surface area (Å²) >= 11 is 0. The first-order valence-electron chi connectivity index (χ1n) is 6.77. The second kappa shape index (κ2) is 6.51. The molecule has 7 heteroatoms. The van der Waals surface area contributed by atoms with Crippen LogP contribution in [-0.4, -0.2) is 39.7 Å². The van der Waals surface area contributed by atoms with Gasteiger partial charge >= 0.3 is 0 Å². The average molecular weight is 299 g/mol. The number of pyridine rings is 1. The molecular formula is C13H21N3O3S. The topological polar surface area (TPSA) is 80.3 Å². The van der Waals surface area contributed by atoms with E-state index in [0.29, 0.717) is 24.9 Å². The molecule has 0 amide bonds. The number of aromatic nitrogens is 1. The Labute approximate surface area is 120 Å². The molecule has 1 saturated heterocycles. The third kappa shape index (κ3) is 3.47. The summed E-state index contributed by atoms with van der Waals surface area (Å²) in [5.41, 5.74) is 0. The van der Waals surface area contributed by atoms with Gasteiger partial charge in [0.15, 0.2) is 0 Å². The van der Waals surface area contributed by atoms with Gasteiger partial charge in [-0.1, -0.05) is 0 Å². The minimum absolute atomic E-state index is 0.117. The van der Waals surface area contributed by atoms with Gasteiger partial charge in [-0.3, -0.25) is 0 Å². The maximum absolute atomic E-state index is 12.4. The van der Waals surface area contributed by atoms with Crippen molar-refractivity contribution in [1.82, 2.24) is 9.71 Å². The van der Waals surface area contributed by atoms with Gasteiger partial charge in [-0.25, -0.2) is 18.1 Å². The van der Waals surface area contributed by atoms with E-state index in [1.54, 1.807) is 25.4 Å². The molecule has 1 aromatic heterocycles. The standard InChI is InChI=1S/C13H21N3O3S/c1-10(11-5-8-19-9-6-11)16-20(17,18)12-4-3-7-15-13(12)14-2/h3-4,7,10-11,16H,5-6,8-9H2,1-2H3,(H,14,15). The summed E-state index contributed by atoms with van der Waals surface area (Å²) in [5.74, 6) is 0.674. The zero-order chi connectivity index (χ0) is 14.6. The van der Waals surface area contributed by atoms with Gasteiger partial charge in [0.05, 0.1) is 0 Å². The Morgan fingerprint density at radius 3 is 2.75 bits per heavy atom. The Balaban J connectivity index is 2.14. The molecule has 0 aliphatic carbocycles. The van der Waals surface area contributed by atoms with Crippen molar-refractivity contribution in [1.29, 1.82) is 0 Å². The molecule has 2 rings (SSSR count). The lowest BCUT2D eigenvalue weighted by molar-refractivity contribution is 0.0585. The molecule has 1 aromatic rings. The Morgan fingerprint density at radius 1 is 1.40 bits per heavy atom. The Morgan fingerprint density at radius 2 is 2.10 bits per heavy atom. The van der Waals surface area contributed by atoms with E-state index < -0.39 is 10.0 Å². The van der Waals surface area contributed by atoms with Gasteiger partial charge in [-0.15, -0.1) is 0 Å². The van der Waals surface area contributed by atoms with Crippen molar-refractivity contribution in [2.24, 2.45) is 5.92 Å². The van der Waals surface area contributed by atoms with Crippen LogP contribution in [0.5, 0.6) is 0 Å². The molecule has 0 aromatic carbocycles. The minimum atomic E-state index is -3.57. The van der Waals surface area contributed by atoms with Crippen molar-refractivity contribution < 1.29 is 13.2 Å². The molecular weight excluding hydrogens is 278 g/mol. The first-order chi connectivity index (χ1) is 9.54. The first kappa shape index (κ1) is 15.2. The van der Waals surface area contributed by atoms with Crippen LogP contribution in [0.25, 0.3) is 0 Å². The number of hydrogen-bond donors (Lipinski definition) is 2. The number of sulfonamides is 1. The highest BCUT2D eigenvalue weighted by Gasteiger charge is 2.27. The molecule has 1 atom stereocenters. The minimum Gasteiger partial charge on any atom is -0.381 e. The van der Waals surface area contributed by atoms with Crippen LogP contribution in [0.15, 0.2) is 23.2 Å². The fraction of sp³-hybridized carbons (Fsp3) is 0.615. The maximum atomic E-state index is 12.4. The van der Waals surface area contributed by atoms with Gasteiger partial charge in [0, 0.05) is 32.5 Å². The van der Waals surface area contributed by atoms with Crippen molar-refractivity contribution in [3.63, 3.8) is 0 Å². The van der Waals surface area contributed by atoms with Gasteiger partial charge in [0.2, 0.25) is 10.0 Å². The van der Waals surface area contributed by atoms with Crippen molar-refractivity contribution >= 4 is 15.8 Å². The third-order valence-electron chi connectivity index (χ3n) is 3.61. The van der Waals surface area contributed by atoms with Crippen molar-refractivity contribution in [3.8, 4) is 0 Å². The predicted molar refractivity (Wildman–Crippen MR) is 77.1 cm³/mol. The number of hydrogen-bond acceptors (Lipinski definition) is 5. The van der Waals surface area contributed by atoms with E-state index in [-0.39, 0.29) is 10.9 Å². The van der Waals surface area contributed by atoms with Gasteiger partial charge in [-0.05, 0) is 37.8 Å². The number of ether oxygens (including phenoxy) is 1. The van der Waals surface area contributed by atoms with Crippen LogP contribution in [0.3, 0.4) is 0 Å². The predicted octanol–water partition coefficient (Wildman–Crippen LogP) is 1.22. The summed E-state index contributed by atoms with van der Waals surface area (Å²) in [4.78, 5) is 4.21. The number of nitrogens with zero attached hydrogens (tertiary/aromatic N) is 1. The lowest BCUT2D eigenvalue weighted by Crippen LogP contribution is -2.40. The summed E-state index contributed by atoms with van der Waals surface area (Å²) in [5, 5.41) is 2.80. The van der Waals surface area contributed by atoms with Gasteiger partial charge in [0.25, 0.3) is 0 Å². The first-order valence-corrected chi connectivity index (χ1v) is 8.26. The summed E-state index contributed by atoms with van der Waals surface area (Å²) in [6.07, 6.45) is 3.33. The van der Waals surface area contributed by atoms with Gasteiger partial charge < -0.3 is 10.1 Å². The summed E-state index contributed by atoms with van der Waals surface area (Å²) in [7, 11) is -1.91. The number of nitrogens with one attached hydrogen (secondary N) is 2. The molecule has 1 aliphatic heterocycles. The molecule has 0 spiro atoms. The molecule has 1 aliphatic rings. The third-order valence-corrected chi connectivity index (χ3v) is 5.20. The SMILES string of the molecule is CNc1ncccc1S(=O)(=O)NC(C)C1CCOCC1. The highest BCUT2D eigenvalue weighted by Crippen LogP contribution is 2.22. The van der Waals surface area contributed by atoms with Gasteiger partial charge in [-0.2, -0.15) is 0 Å². The van der Waals surface area contributed by atoms with E-state index in [0.717, 1.165) is 12.8 Å². The van der Waals surface area contributed by atoms with E-state index in [4.69, 9.17) is 4.74 Å². The van der Waals surface area contributed by atoms with E-state index >= 15 is 0 Å². The van der Waals surface area contributed by atoms with Crippen molar-refractivity contribution in [2.75, 3.05) is 25.6 Å². The summed E-state index contributed by atoms with van der Waals surface area (Å²) in [6, 6.07) is 3.06. The number of anilines is 1. The summed E-state index contributed by atoms with van der Waals surface area (Å²) < 4.78 is 32.9. The Hall–Kier alpha value is -1.18. The Kier molecular flexibility index (Phi) is 4.95. The monoisotopic (exact) mass is 299 g/mol. The highest BCUT2D eigenvalue weighted by atomic mass is 32.2. The van der Waals surface area contributed by atoms with Crippen LogP contribution in [0.4, 0.5) is 5.82 Å². The molecule has 1 fully saturated rings. The van der Waals surface area contributed by atoms with E-state index in [9.17, 15) is 8.42 Å². The smallest absolute Gasteiger partial charge is 0.244 e. The lowest BCUT2D eigenvalue weighted by atomic mass is 9.94. The highest BCUT2D eigenvalue weighted by molar-refractivity contribution is 7.89. The zero-order valence-electron chi connectivity index (χ0n) is 11.8.